The van der Waals surface area contributed by atoms with Gasteiger partial charge >= 0.3 is 0 Å². The highest BCUT2D eigenvalue weighted by Crippen LogP contribution is 2.40. The van der Waals surface area contributed by atoms with Crippen LogP contribution in [0.3, 0.4) is 0 Å². The lowest BCUT2D eigenvalue weighted by molar-refractivity contribution is 0.441. The maximum absolute atomic E-state index is 4.50. The van der Waals surface area contributed by atoms with Crippen LogP contribution >= 0.6 is 12.4 Å². The number of nitrogens with zero attached hydrogens (tertiary/aromatic N) is 5. The summed E-state index contributed by atoms with van der Waals surface area (Å²) in [7, 11) is 4.20. The summed E-state index contributed by atoms with van der Waals surface area (Å²) in [5.74, 6) is 1.60. The van der Waals surface area contributed by atoms with Crippen LogP contribution in [0.2, 0.25) is 0 Å². The minimum Gasteiger partial charge on any atom is -0.370 e. The molecule has 1 saturated heterocycles. The van der Waals surface area contributed by atoms with Crippen molar-refractivity contribution in [1.29, 1.82) is 0 Å². The molecule has 5 rings (SSSR count). The van der Waals surface area contributed by atoms with Gasteiger partial charge in [-0.1, -0.05) is 0 Å². The van der Waals surface area contributed by atoms with Gasteiger partial charge in [-0.05, 0) is 43.4 Å². The minimum atomic E-state index is 0. The number of aryl methyl sites for hydroxylation is 1. The van der Waals surface area contributed by atoms with E-state index in [1.165, 1.54) is 30.6 Å². The quantitative estimate of drug-likeness (QED) is 0.767. The number of hydrogen-bond donors (Lipinski definition) is 1. The molecule has 4 heterocycles. The maximum Gasteiger partial charge on any atom is 0.0895 e. The molecule has 3 aromatic heterocycles. The predicted molar refractivity (Wildman–Crippen MR) is 106 cm³/mol. The van der Waals surface area contributed by atoms with Crippen LogP contribution in [-0.2, 0) is 7.05 Å². The fourth-order valence-electron chi connectivity index (χ4n) is 4.80. The van der Waals surface area contributed by atoms with Crippen LogP contribution in [0.1, 0.15) is 12.8 Å². The number of nitrogens with one attached hydrogen (secondary N) is 1. The number of pyridine rings is 1. The van der Waals surface area contributed by atoms with Gasteiger partial charge in [0.1, 0.15) is 0 Å². The Morgan fingerprint density at radius 2 is 2.04 bits per heavy atom. The van der Waals surface area contributed by atoms with Crippen molar-refractivity contribution in [2.24, 2.45) is 18.9 Å². The Morgan fingerprint density at radius 3 is 2.85 bits per heavy atom. The van der Waals surface area contributed by atoms with Crippen LogP contribution in [-0.4, -0.2) is 45.6 Å². The molecule has 2 aliphatic rings. The molecule has 1 aliphatic heterocycles. The lowest BCUT2D eigenvalue weighted by atomic mass is 9.96. The molecule has 0 radical (unpaired) electrons. The van der Waals surface area contributed by atoms with Crippen molar-refractivity contribution >= 4 is 23.6 Å². The first-order chi connectivity index (χ1) is 12.2. The van der Waals surface area contributed by atoms with Crippen molar-refractivity contribution in [2.45, 2.75) is 18.9 Å². The van der Waals surface area contributed by atoms with Crippen molar-refractivity contribution in [2.75, 3.05) is 25.0 Å². The smallest absolute Gasteiger partial charge is 0.0895 e. The second-order valence-electron chi connectivity index (χ2n) is 7.52. The minimum absolute atomic E-state index is 0. The molecule has 6 nitrogen and oxygen atoms in total. The summed E-state index contributed by atoms with van der Waals surface area (Å²) in [5, 5.41) is 12.4. The van der Waals surface area contributed by atoms with Gasteiger partial charge in [-0.2, -0.15) is 10.2 Å². The molecule has 1 N–H and O–H groups in total. The first kappa shape index (κ1) is 17.4. The average molecular weight is 373 g/mol. The lowest BCUT2D eigenvalue weighted by Crippen LogP contribution is -2.37. The Morgan fingerprint density at radius 1 is 1.15 bits per heavy atom. The second kappa shape index (κ2) is 6.59. The molecule has 0 aromatic carbocycles. The zero-order valence-electron chi connectivity index (χ0n) is 15.2. The summed E-state index contributed by atoms with van der Waals surface area (Å²) >= 11 is 0. The fourth-order valence-corrected chi connectivity index (χ4v) is 4.80. The summed E-state index contributed by atoms with van der Waals surface area (Å²) in [6.45, 7) is 2.34. The first-order valence-corrected chi connectivity index (χ1v) is 9.10. The highest BCUT2D eigenvalue weighted by atomic mass is 35.5. The summed E-state index contributed by atoms with van der Waals surface area (Å²) in [6.07, 6.45) is 10.6. The number of aromatic nitrogens is 4. The number of halogens is 1. The van der Waals surface area contributed by atoms with E-state index >= 15 is 0 Å². The summed E-state index contributed by atoms with van der Waals surface area (Å²) in [4.78, 5) is 2.49. The van der Waals surface area contributed by atoms with E-state index in [1.54, 1.807) is 0 Å². The molecule has 3 aromatic rings. The van der Waals surface area contributed by atoms with Crippen LogP contribution in [0.25, 0.3) is 16.6 Å². The highest BCUT2D eigenvalue weighted by Gasteiger charge is 2.41. The number of rotatable bonds is 3. The monoisotopic (exact) mass is 372 g/mol. The molecule has 3 unspecified atom stereocenters. The number of hydrogen-bond acceptors (Lipinski definition) is 4. The Labute approximate surface area is 159 Å². The molecule has 1 aliphatic carbocycles. The van der Waals surface area contributed by atoms with Gasteiger partial charge in [0.05, 0.1) is 23.6 Å². The van der Waals surface area contributed by atoms with Gasteiger partial charge in [0.15, 0.2) is 0 Å². The molecule has 0 spiro atoms. The third-order valence-corrected chi connectivity index (χ3v) is 6.12. The van der Waals surface area contributed by atoms with Gasteiger partial charge in [-0.15, -0.1) is 12.4 Å². The summed E-state index contributed by atoms with van der Waals surface area (Å²) in [5.41, 5.74) is 4.72. The molecule has 7 heteroatoms. The van der Waals surface area contributed by atoms with Gasteiger partial charge in [-0.3, -0.25) is 4.68 Å². The molecule has 0 amide bonds. The van der Waals surface area contributed by atoms with Crippen molar-refractivity contribution in [3.8, 4) is 11.1 Å². The van der Waals surface area contributed by atoms with E-state index in [1.807, 2.05) is 28.6 Å². The van der Waals surface area contributed by atoms with Crippen molar-refractivity contribution in [3.05, 3.63) is 36.9 Å². The standard InChI is InChI=1S/C19H24N6.ClH/c1-23-11-15(9-22-23)14-7-19(18-5-6-21-25(18)12-14)24(2)17-4-3-13-8-20-10-16(13)17;/h5-7,9,11-13,16-17,20H,3-4,8,10H2,1-2H3;1H. The predicted octanol–water partition coefficient (Wildman–Crippen LogP) is 2.59. The normalized spacial score (nSPS) is 24.6. The first-order valence-electron chi connectivity index (χ1n) is 9.10. The van der Waals surface area contributed by atoms with Crippen LogP contribution in [0.5, 0.6) is 0 Å². The summed E-state index contributed by atoms with van der Waals surface area (Å²) < 4.78 is 3.84. The highest BCUT2D eigenvalue weighted by molar-refractivity contribution is 5.85. The number of fused-ring (bicyclic) bond motifs is 2. The molecule has 1 saturated carbocycles. The molecular formula is C19H25ClN6. The molecular weight excluding hydrogens is 348 g/mol. The van der Waals surface area contributed by atoms with Crippen LogP contribution in [0.15, 0.2) is 36.9 Å². The number of anilines is 1. The Balaban J connectivity index is 0.00000168. The van der Waals surface area contributed by atoms with Gasteiger partial charge < -0.3 is 10.2 Å². The largest absolute Gasteiger partial charge is 0.370 e. The van der Waals surface area contributed by atoms with Crippen molar-refractivity contribution < 1.29 is 0 Å². The van der Waals surface area contributed by atoms with E-state index in [-0.39, 0.29) is 12.4 Å². The van der Waals surface area contributed by atoms with E-state index in [0.717, 1.165) is 29.5 Å². The fraction of sp³-hybridized carbons (Fsp3) is 0.474. The third-order valence-electron chi connectivity index (χ3n) is 6.12. The third kappa shape index (κ3) is 2.68. The molecule has 0 bridgehead atoms. The topological polar surface area (TPSA) is 50.4 Å². The van der Waals surface area contributed by atoms with Crippen molar-refractivity contribution in [1.82, 2.24) is 24.7 Å². The van der Waals surface area contributed by atoms with Gasteiger partial charge in [-0.25, -0.2) is 4.52 Å². The second-order valence-corrected chi connectivity index (χ2v) is 7.52. The molecule has 2 fully saturated rings. The van der Waals surface area contributed by atoms with Crippen LogP contribution in [0.4, 0.5) is 5.69 Å². The SMILES string of the molecule is CN(c1cc(-c2cnn(C)c2)cn2nccc12)C1CCC2CNCC21.Cl. The van der Waals surface area contributed by atoms with Gasteiger partial charge in [0.25, 0.3) is 0 Å². The Bertz CT molecular complexity index is 916. The van der Waals surface area contributed by atoms with E-state index < -0.39 is 0 Å². The van der Waals surface area contributed by atoms with Crippen LogP contribution < -0.4 is 10.2 Å². The molecule has 3 atom stereocenters. The van der Waals surface area contributed by atoms with Crippen molar-refractivity contribution in [3.63, 3.8) is 0 Å². The van der Waals surface area contributed by atoms with E-state index in [9.17, 15) is 0 Å². The zero-order chi connectivity index (χ0) is 17.0. The zero-order valence-corrected chi connectivity index (χ0v) is 16.0. The van der Waals surface area contributed by atoms with Gasteiger partial charge in [0, 0.05) is 50.2 Å². The van der Waals surface area contributed by atoms with E-state index in [0.29, 0.717) is 6.04 Å². The lowest BCUT2D eigenvalue weighted by Gasteiger charge is -2.31. The Hall–Kier alpha value is -2.05. The van der Waals surface area contributed by atoms with E-state index in [4.69, 9.17) is 0 Å². The molecule has 26 heavy (non-hydrogen) atoms. The van der Waals surface area contributed by atoms with Gasteiger partial charge in [0.2, 0.25) is 0 Å². The molecule has 138 valence electrons. The average Bonchev–Trinajstić information content (AvgIpc) is 3.36. The summed E-state index contributed by atoms with van der Waals surface area (Å²) in [6, 6.07) is 5.00. The maximum atomic E-state index is 4.50. The van der Waals surface area contributed by atoms with E-state index in [2.05, 4.69) is 52.0 Å². The Kier molecular flexibility index (Phi) is 4.40. The van der Waals surface area contributed by atoms with Crippen LogP contribution in [0, 0.1) is 11.8 Å².